The number of carboxylic acid groups (broad SMARTS) is 1. The molecule has 3 unspecified atom stereocenters. The monoisotopic (exact) mass is 500 g/mol. The Balaban J connectivity index is 1.35. The number of likely N-dealkylation sites (tertiary alicyclic amines) is 1. The predicted molar refractivity (Wildman–Crippen MR) is 144 cm³/mol. The number of allylic oxidation sites excluding steroid dienone is 1. The Morgan fingerprint density at radius 1 is 1.22 bits per heavy atom. The average molecular weight is 501 g/mol. The highest BCUT2D eigenvalue weighted by Gasteiger charge is 2.45. The zero-order chi connectivity index (χ0) is 25.9. The van der Waals surface area contributed by atoms with Crippen molar-refractivity contribution < 1.29 is 9.90 Å². The van der Waals surface area contributed by atoms with Gasteiger partial charge in [0.25, 0.3) is 0 Å². The van der Waals surface area contributed by atoms with E-state index in [2.05, 4.69) is 58.5 Å². The molecule has 5 rings (SSSR count). The van der Waals surface area contributed by atoms with Crippen LogP contribution >= 0.6 is 0 Å². The lowest BCUT2D eigenvalue weighted by molar-refractivity contribution is 0.0695. The zero-order valence-corrected chi connectivity index (χ0v) is 21.3. The topological polar surface area (TPSA) is 114 Å². The first-order valence-electron chi connectivity index (χ1n) is 13.0. The van der Waals surface area contributed by atoms with Crippen molar-refractivity contribution in [3.8, 4) is 5.69 Å². The number of nitrogens with zero attached hydrogens (tertiary/aromatic N) is 4. The molecule has 3 atom stereocenters. The second-order valence-corrected chi connectivity index (χ2v) is 10.4. The van der Waals surface area contributed by atoms with Gasteiger partial charge in [0, 0.05) is 43.9 Å². The third-order valence-corrected chi connectivity index (χ3v) is 7.61. The number of hydrogen-bond acceptors (Lipinski definition) is 6. The number of aromatic nitrogens is 2. The van der Waals surface area contributed by atoms with Crippen molar-refractivity contribution in [2.24, 2.45) is 17.5 Å². The molecule has 194 valence electrons. The molecule has 2 fully saturated rings. The van der Waals surface area contributed by atoms with Crippen LogP contribution in [0.3, 0.4) is 0 Å². The maximum absolute atomic E-state index is 12.0. The van der Waals surface area contributed by atoms with E-state index in [1.807, 2.05) is 6.07 Å². The van der Waals surface area contributed by atoms with E-state index >= 15 is 0 Å². The Hall–Kier alpha value is -3.62. The number of aromatic carboxylic acids is 1. The lowest BCUT2D eigenvalue weighted by atomic mass is 9.90. The van der Waals surface area contributed by atoms with Gasteiger partial charge in [-0.25, -0.2) is 15.3 Å². The van der Waals surface area contributed by atoms with Crippen LogP contribution in [0.4, 0.5) is 0 Å². The Bertz CT molecular complexity index is 1270. The first-order chi connectivity index (χ1) is 17.9. The molecule has 37 heavy (non-hydrogen) atoms. The van der Waals surface area contributed by atoms with Crippen LogP contribution in [-0.4, -0.2) is 57.4 Å². The summed E-state index contributed by atoms with van der Waals surface area (Å²) in [6, 6.07) is 19.1. The van der Waals surface area contributed by atoms with Crippen LogP contribution < -0.4 is 11.6 Å². The smallest absolute Gasteiger partial charge is 0.339 e. The van der Waals surface area contributed by atoms with Gasteiger partial charge in [-0.05, 0) is 61.4 Å². The quantitative estimate of drug-likeness (QED) is 0.303. The van der Waals surface area contributed by atoms with E-state index < -0.39 is 5.97 Å². The van der Waals surface area contributed by atoms with Gasteiger partial charge in [0.15, 0.2) is 0 Å². The van der Waals surface area contributed by atoms with Crippen LogP contribution in [0.25, 0.3) is 5.69 Å². The molecule has 2 heterocycles. The number of piperidine rings is 1. The van der Waals surface area contributed by atoms with Gasteiger partial charge in [-0.2, -0.15) is 5.10 Å². The minimum Gasteiger partial charge on any atom is -0.478 e. The molecule has 8 nitrogen and oxygen atoms in total. The summed E-state index contributed by atoms with van der Waals surface area (Å²) < 4.78 is 1.80. The summed E-state index contributed by atoms with van der Waals surface area (Å²) in [4.78, 5) is 14.6. The number of nitrogens with two attached hydrogens (primary N) is 2. The molecule has 5 N–H and O–H groups in total. The van der Waals surface area contributed by atoms with Crippen LogP contribution in [0.1, 0.15) is 58.3 Å². The maximum atomic E-state index is 12.0. The van der Waals surface area contributed by atoms with Gasteiger partial charge >= 0.3 is 5.97 Å². The molecule has 1 aromatic heterocycles. The summed E-state index contributed by atoms with van der Waals surface area (Å²) in [6.07, 6.45) is 7.31. The molecule has 1 saturated heterocycles. The van der Waals surface area contributed by atoms with Crippen molar-refractivity contribution in [2.45, 2.75) is 37.5 Å². The van der Waals surface area contributed by atoms with Gasteiger partial charge in [-0.3, -0.25) is 0 Å². The third kappa shape index (κ3) is 5.70. The summed E-state index contributed by atoms with van der Waals surface area (Å²) in [5, 5.41) is 15.8. The Morgan fingerprint density at radius 3 is 2.78 bits per heavy atom. The summed E-state index contributed by atoms with van der Waals surface area (Å²) in [5.74, 6) is 5.25. The highest BCUT2D eigenvalue weighted by atomic mass is 16.4. The van der Waals surface area contributed by atoms with E-state index in [9.17, 15) is 9.90 Å². The number of benzene rings is 2. The van der Waals surface area contributed by atoms with Crippen LogP contribution in [0.5, 0.6) is 0 Å². The molecule has 0 spiro atoms. The Kier molecular flexibility index (Phi) is 7.30. The predicted octanol–water partition coefficient (Wildman–Crippen LogP) is 3.70. The van der Waals surface area contributed by atoms with Crippen molar-refractivity contribution >= 4 is 5.97 Å². The van der Waals surface area contributed by atoms with Gasteiger partial charge in [-0.1, -0.05) is 42.5 Å². The molecule has 0 amide bonds. The van der Waals surface area contributed by atoms with Crippen molar-refractivity contribution in [1.82, 2.24) is 19.7 Å². The highest BCUT2D eigenvalue weighted by Crippen LogP contribution is 2.51. The van der Waals surface area contributed by atoms with Gasteiger partial charge in [0.2, 0.25) is 0 Å². The molecule has 3 aromatic rings. The fourth-order valence-corrected chi connectivity index (χ4v) is 5.65. The lowest BCUT2D eigenvalue weighted by Gasteiger charge is -2.33. The minimum absolute atomic E-state index is 0.00313. The number of rotatable bonds is 9. The van der Waals surface area contributed by atoms with Crippen molar-refractivity contribution in [3.05, 3.63) is 95.1 Å². The second kappa shape index (κ2) is 10.8. The molecule has 2 aromatic carbocycles. The van der Waals surface area contributed by atoms with E-state index in [0.29, 0.717) is 17.3 Å². The summed E-state index contributed by atoms with van der Waals surface area (Å²) >= 11 is 0. The fourth-order valence-electron chi connectivity index (χ4n) is 5.65. The molecule has 1 aliphatic carbocycles. The molecule has 2 aliphatic rings. The van der Waals surface area contributed by atoms with Crippen LogP contribution in [-0.2, 0) is 6.42 Å². The van der Waals surface area contributed by atoms with Crippen molar-refractivity contribution in [2.75, 3.05) is 26.7 Å². The summed E-state index contributed by atoms with van der Waals surface area (Å²) in [5.41, 5.74) is 11.4. The minimum atomic E-state index is -0.970. The number of carboxylic acids is 1. The standard InChI is InChI=1S/C29H36N6O2/c1-33(31)19-27(30)24-16-25(24)28-26(29(36)37)17-32-35(28)23-11-5-9-21(15-23)22-10-6-13-34(18-22)14-12-20-7-3-2-4-8-20/h2-5,7-9,11,15,17,19,22,24-25H,6,10,12-14,16,18,30-31H2,1H3,(H,36,37)/b27-19-. The van der Waals surface area contributed by atoms with Gasteiger partial charge in [-0.15, -0.1) is 0 Å². The zero-order valence-electron chi connectivity index (χ0n) is 21.3. The molecule has 0 bridgehead atoms. The van der Waals surface area contributed by atoms with Crippen molar-refractivity contribution in [3.63, 3.8) is 0 Å². The van der Waals surface area contributed by atoms with Gasteiger partial charge < -0.3 is 20.7 Å². The van der Waals surface area contributed by atoms with E-state index in [0.717, 1.165) is 44.6 Å². The molecule has 0 radical (unpaired) electrons. The van der Waals surface area contributed by atoms with E-state index in [-0.39, 0.29) is 17.4 Å². The molecule has 8 heteroatoms. The number of carbonyl (C=O) groups is 1. The summed E-state index contributed by atoms with van der Waals surface area (Å²) in [7, 11) is 1.72. The molecular formula is C29H36N6O2. The largest absolute Gasteiger partial charge is 0.478 e. The number of hydrazine groups is 1. The van der Waals surface area contributed by atoms with Crippen LogP contribution in [0.2, 0.25) is 0 Å². The average Bonchev–Trinajstić information content (AvgIpc) is 3.57. The lowest BCUT2D eigenvalue weighted by Crippen LogP contribution is -2.35. The molecular weight excluding hydrogens is 464 g/mol. The van der Waals surface area contributed by atoms with Crippen LogP contribution in [0.15, 0.2) is 72.7 Å². The highest BCUT2D eigenvalue weighted by molar-refractivity contribution is 5.89. The van der Waals surface area contributed by atoms with E-state index in [1.54, 1.807) is 17.9 Å². The van der Waals surface area contributed by atoms with Gasteiger partial charge in [0.05, 0.1) is 17.6 Å². The normalized spacial score (nSPS) is 22.1. The molecule has 1 aliphatic heterocycles. The van der Waals surface area contributed by atoms with Crippen molar-refractivity contribution in [1.29, 1.82) is 0 Å². The van der Waals surface area contributed by atoms with Gasteiger partial charge in [0.1, 0.15) is 5.56 Å². The number of hydrogen-bond donors (Lipinski definition) is 3. The van der Waals surface area contributed by atoms with E-state index in [4.69, 9.17) is 11.6 Å². The Labute approximate surface area is 218 Å². The molecule has 1 saturated carbocycles. The Morgan fingerprint density at radius 2 is 2.03 bits per heavy atom. The van der Waals surface area contributed by atoms with E-state index in [1.165, 1.54) is 28.8 Å². The SMILES string of the molecule is CN(N)/C=C(\N)C1CC1c1c(C(=O)O)cnn1-c1cccc(C2CCCN(CCc3ccccc3)C2)c1. The summed E-state index contributed by atoms with van der Waals surface area (Å²) in [6.45, 7) is 3.22. The van der Waals surface area contributed by atoms with Crippen LogP contribution in [0, 0.1) is 5.92 Å². The second-order valence-electron chi connectivity index (χ2n) is 10.4. The first-order valence-corrected chi connectivity index (χ1v) is 13.0. The maximum Gasteiger partial charge on any atom is 0.339 e. The fraction of sp³-hybridized carbons (Fsp3) is 0.379. The third-order valence-electron chi connectivity index (χ3n) is 7.61. The first kappa shape index (κ1) is 25.0.